The van der Waals surface area contributed by atoms with E-state index in [4.69, 9.17) is 4.98 Å². The van der Waals surface area contributed by atoms with Crippen LogP contribution >= 0.6 is 0 Å². The van der Waals surface area contributed by atoms with E-state index in [1.807, 2.05) is 35.8 Å². The summed E-state index contributed by atoms with van der Waals surface area (Å²) in [7, 11) is 0. The lowest BCUT2D eigenvalue weighted by Crippen LogP contribution is -2.57. The Kier molecular flexibility index (Phi) is 5.62. The van der Waals surface area contributed by atoms with E-state index in [0.717, 1.165) is 36.5 Å². The van der Waals surface area contributed by atoms with Crippen LogP contribution < -0.4 is 5.32 Å². The van der Waals surface area contributed by atoms with Crippen molar-refractivity contribution in [2.45, 2.75) is 51.7 Å². The summed E-state index contributed by atoms with van der Waals surface area (Å²) in [4.78, 5) is 34.3. The van der Waals surface area contributed by atoms with Crippen molar-refractivity contribution in [1.82, 2.24) is 24.7 Å². The Bertz CT molecular complexity index is 856. The van der Waals surface area contributed by atoms with Crippen LogP contribution in [0, 0.1) is 0 Å². The van der Waals surface area contributed by atoms with Crippen LogP contribution in [-0.4, -0.2) is 63.4 Å². The lowest BCUT2D eigenvalue weighted by atomic mass is 10.1. The molecule has 0 radical (unpaired) electrons. The minimum absolute atomic E-state index is 0.00949. The number of piperazine rings is 1. The molecule has 150 valence electrons. The van der Waals surface area contributed by atoms with Crippen LogP contribution in [0.15, 0.2) is 24.3 Å². The van der Waals surface area contributed by atoms with Crippen molar-refractivity contribution >= 4 is 22.8 Å². The zero-order chi connectivity index (χ0) is 19.5. The largest absolute Gasteiger partial charge is 0.353 e. The van der Waals surface area contributed by atoms with Crippen LogP contribution in [0.1, 0.15) is 38.4 Å². The summed E-state index contributed by atoms with van der Waals surface area (Å²) < 4.78 is 2.05. The van der Waals surface area contributed by atoms with Crippen molar-refractivity contribution in [3.63, 3.8) is 0 Å². The predicted octanol–water partition coefficient (Wildman–Crippen LogP) is 1.76. The summed E-state index contributed by atoms with van der Waals surface area (Å²) in [6.07, 6.45) is 4.37. The van der Waals surface area contributed by atoms with Crippen LogP contribution in [0.2, 0.25) is 0 Å². The summed E-state index contributed by atoms with van der Waals surface area (Å²) in [6, 6.07) is 7.61. The van der Waals surface area contributed by atoms with Gasteiger partial charge in [-0.05, 0) is 44.5 Å². The topological polar surface area (TPSA) is 70.5 Å². The number of rotatable bonds is 5. The van der Waals surface area contributed by atoms with E-state index in [-0.39, 0.29) is 24.4 Å². The third-order valence-corrected chi connectivity index (χ3v) is 5.88. The summed E-state index contributed by atoms with van der Waals surface area (Å²) >= 11 is 0. The Morgan fingerprint density at radius 2 is 1.96 bits per heavy atom. The van der Waals surface area contributed by atoms with Gasteiger partial charge in [-0.1, -0.05) is 25.5 Å². The standard InChI is InChI=1S/C21H29N5O2/c1-2-17-21(28)22-10-13-25(17)20(27)15-26-18-9-5-4-8-16(18)23-19(26)14-24-11-6-3-7-12-24/h4-5,8-9,17H,2-3,6-7,10-15H2,1H3,(H,22,28)/t17-/m1/s1. The first-order chi connectivity index (χ1) is 13.7. The van der Waals surface area contributed by atoms with E-state index >= 15 is 0 Å². The molecule has 0 unspecified atom stereocenters. The Hall–Kier alpha value is -2.41. The fourth-order valence-electron chi connectivity index (χ4n) is 4.39. The van der Waals surface area contributed by atoms with Gasteiger partial charge in [-0.2, -0.15) is 0 Å². The number of aromatic nitrogens is 2. The molecule has 0 saturated carbocycles. The van der Waals surface area contributed by atoms with E-state index in [1.165, 1.54) is 19.3 Å². The Balaban J connectivity index is 1.60. The van der Waals surface area contributed by atoms with Crippen LogP contribution in [0.25, 0.3) is 11.0 Å². The van der Waals surface area contributed by atoms with Gasteiger partial charge in [0, 0.05) is 13.1 Å². The van der Waals surface area contributed by atoms with Gasteiger partial charge in [0.25, 0.3) is 0 Å². The molecule has 1 atom stereocenters. The molecule has 2 amide bonds. The van der Waals surface area contributed by atoms with Gasteiger partial charge in [-0.3, -0.25) is 14.5 Å². The average molecular weight is 383 g/mol. The van der Waals surface area contributed by atoms with Crippen LogP contribution in [0.4, 0.5) is 0 Å². The van der Waals surface area contributed by atoms with E-state index < -0.39 is 0 Å². The SMILES string of the molecule is CC[C@@H]1C(=O)NCCN1C(=O)Cn1c(CN2CCCCC2)nc2ccccc21. The van der Waals surface area contributed by atoms with Crippen LogP contribution in [0.3, 0.4) is 0 Å². The number of amides is 2. The molecule has 2 aliphatic heterocycles. The van der Waals surface area contributed by atoms with Crippen molar-refractivity contribution in [2.75, 3.05) is 26.2 Å². The van der Waals surface area contributed by atoms with Gasteiger partial charge in [0.05, 0.1) is 17.6 Å². The maximum atomic E-state index is 13.2. The number of para-hydroxylation sites is 2. The molecule has 0 aliphatic carbocycles. The second kappa shape index (κ2) is 8.31. The van der Waals surface area contributed by atoms with Gasteiger partial charge in [0.1, 0.15) is 18.4 Å². The number of hydrogen-bond donors (Lipinski definition) is 1. The van der Waals surface area contributed by atoms with Gasteiger partial charge < -0.3 is 14.8 Å². The highest BCUT2D eigenvalue weighted by molar-refractivity contribution is 5.89. The molecule has 1 aromatic heterocycles. The fraction of sp³-hybridized carbons (Fsp3) is 0.571. The molecular weight excluding hydrogens is 354 g/mol. The number of hydrogen-bond acceptors (Lipinski definition) is 4. The molecular formula is C21H29N5O2. The zero-order valence-corrected chi connectivity index (χ0v) is 16.6. The van der Waals surface area contributed by atoms with Crippen molar-refractivity contribution in [3.8, 4) is 0 Å². The molecule has 4 rings (SSSR count). The van der Waals surface area contributed by atoms with Crippen LogP contribution in [0.5, 0.6) is 0 Å². The molecule has 28 heavy (non-hydrogen) atoms. The molecule has 2 aliphatic rings. The first-order valence-electron chi connectivity index (χ1n) is 10.4. The smallest absolute Gasteiger partial charge is 0.243 e. The molecule has 0 spiro atoms. The number of carbonyl (C=O) groups excluding carboxylic acids is 2. The highest BCUT2D eigenvalue weighted by atomic mass is 16.2. The van der Waals surface area contributed by atoms with Gasteiger partial charge >= 0.3 is 0 Å². The zero-order valence-electron chi connectivity index (χ0n) is 16.6. The fourth-order valence-corrected chi connectivity index (χ4v) is 4.39. The maximum Gasteiger partial charge on any atom is 0.243 e. The number of nitrogens with zero attached hydrogens (tertiary/aromatic N) is 4. The molecule has 7 nitrogen and oxygen atoms in total. The Labute approximate surface area is 165 Å². The number of carbonyl (C=O) groups is 2. The maximum absolute atomic E-state index is 13.2. The minimum atomic E-state index is -0.374. The number of benzene rings is 1. The summed E-state index contributed by atoms with van der Waals surface area (Å²) in [5.41, 5.74) is 1.91. The third-order valence-electron chi connectivity index (χ3n) is 5.88. The number of fused-ring (bicyclic) bond motifs is 1. The minimum Gasteiger partial charge on any atom is -0.353 e. The second-order valence-electron chi connectivity index (χ2n) is 7.74. The van der Waals surface area contributed by atoms with E-state index in [9.17, 15) is 9.59 Å². The lowest BCUT2D eigenvalue weighted by molar-refractivity contribution is -0.143. The normalized spacial score (nSPS) is 21.1. The van der Waals surface area contributed by atoms with E-state index in [2.05, 4.69) is 10.2 Å². The van der Waals surface area contributed by atoms with Gasteiger partial charge in [-0.15, -0.1) is 0 Å². The molecule has 1 N–H and O–H groups in total. The van der Waals surface area contributed by atoms with Crippen LogP contribution in [-0.2, 0) is 22.7 Å². The molecule has 7 heteroatoms. The first-order valence-corrected chi connectivity index (χ1v) is 10.4. The van der Waals surface area contributed by atoms with Gasteiger partial charge in [0.2, 0.25) is 11.8 Å². The number of piperidine rings is 1. The van der Waals surface area contributed by atoms with E-state index in [0.29, 0.717) is 19.5 Å². The molecule has 1 aromatic carbocycles. The van der Waals surface area contributed by atoms with Gasteiger partial charge in [0.15, 0.2) is 0 Å². The number of imidazole rings is 1. The van der Waals surface area contributed by atoms with Crippen molar-refractivity contribution < 1.29 is 9.59 Å². The number of nitrogens with one attached hydrogen (secondary N) is 1. The Morgan fingerprint density at radius 3 is 2.75 bits per heavy atom. The predicted molar refractivity (Wildman–Crippen MR) is 108 cm³/mol. The monoisotopic (exact) mass is 383 g/mol. The van der Waals surface area contributed by atoms with Gasteiger partial charge in [-0.25, -0.2) is 4.98 Å². The second-order valence-corrected chi connectivity index (χ2v) is 7.74. The quantitative estimate of drug-likeness (QED) is 0.854. The number of likely N-dealkylation sites (tertiary alicyclic amines) is 1. The summed E-state index contributed by atoms with van der Waals surface area (Å²) in [6.45, 7) is 6.20. The molecule has 2 aromatic rings. The summed E-state index contributed by atoms with van der Waals surface area (Å²) in [5.74, 6) is 0.877. The summed E-state index contributed by atoms with van der Waals surface area (Å²) in [5, 5.41) is 2.86. The lowest BCUT2D eigenvalue weighted by Gasteiger charge is -2.35. The van der Waals surface area contributed by atoms with Crippen molar-refractivity contribution in [3.05, 3.63) is 30.1 Å². The highest BCUT2D eigenvalue weighted by Gasteiger charge is 2.32. The third kappa shape index (κ3) is 3.76. The van der Waals surface area contributed by atoms with Crippen molar-refractivity contribution in [2.24, 2.45) is 0 Å². The Morgan fingerprint density at radius 1 is 1.18 bits per heavy atom. The van der Waals surface area contributed by atoms with Crippen molar-refractivity contribution in [1.29, 1.82) is 0 Å². The molecule has 0 bridgehead atoms. The van der Waals surface area contributed by atoms with E-state index in [1.54, 1.807) is 4.90 Å². The molecule has 3 heterocycles. The first kappa shape index (κ1) is 18.9. The molecule has 2 fully saturated rings. The average Bonchev–Trinajstić information content (AvgIpc) is 3.05. The molecule has 2 saturated heterocycles. The highest BCUT2D eigenvalue weighted by Crippen LogP contribution is 2.20.